The van der Waals surface area contributed by atoms with Crippen molar-refractivity contribution in [3.8, 4) is 27.9 Å². The third-order valence-electron chi connectivity index (χ3n) is 8.51. The molecule has 0 spiro atoms. The van der Waals surface area contributed by atoms with E-state index in [4.69, 9.17) is 0 Å². The molecular formula is C39H29N. The molecule has 0 saturated carbocycles. The Morgan fingerprint density at radius 3 is 1.82 bits per heavy atom. The standard InChI is InChI=1S/C39H29N/c1-26-21-23-27(24-22-26)38-32-15-2-4-17-34(32)39(35-18-5-3-16-33(35)38)28-11-10-12-29(25-28)40-36-19-8-6-13-30(36)31-14-7-9-20-37(31)40/h2-8,10-19,21-25H,9,20H2,1H3. The third-order valence-corrected chi connectivity index (χ3v) is 8.51. The number of rotatable bonds is 3. The second kappa shape index (κ2) is 9.10. The Bertz CT molecular complexity index is 2050. The number of hydrogen-bond donors (Lipinski definition) is 0. The van der Waals surface area contributed by atoms with Gasteiger partial charge in [-0.25, -0.2) is 0 Å². The highest BCUT2D eigenvalue weighted by atomic mass is 15.0. The van der Waals surface area contributed by atoms with Crippen molar-refractivity contribution in [2.45, 2.75) is 19.8 Å². The summed E-state index contributed by atoms with van der Waals surface area (Å²) in [5.41, 5.74) is 11.7. The van der Waals surface area contributed by atoms with Gasteiger partial charge in [-0.1, -0.05) is 121 Å². The summed E-state index contributed by atoms with van der Waals surface area (Å²) in [5.74, 6) is 0. The lowest BCUT2D eigenvalue weighted by molar-refractivity contribution is 0.889. The van der Waals surface area contributed by atoms with Crippen LogP contribution in [0.1, 0.15) is 23.2 Å². The normalized spacial score (nSPS) is 12.8. The molecule has 0 atom stereocenters. The summed E-state index contributed by atoms with van der Waals surface area (Å²) in [6.07, 6.45) is 6.76. The van der Waals surface area contributed by atoms with Crippen molar-refractivity contribution in [3.63, 3.8) is 0 Å². The molecular weight excluding hydrogens is 482 g/mol. The van der Waals surface area contributed by atoms with Crippen molar-refractivity contribution in [2.75, 3.05) is 0 Å². The molecule has 0 unspecified atom stereocenters. The molecule has 190 valence electrons. The molecule has 1 nitrogen and oxygen atoms in total. The number of aromatic nitrogens is 1. The number of benzene rings is 6. The molecule has 0 radical (unpaired) electrons. The minimum absolute atomic E-state index is 1.06. The van der Waals surface area contributed by atoms with Crippen molar-refractivity contribution in [1.82, 2.24) is 4.57 Å². The van der Waals surface area contributed by atoms with E-state index in [9.17, 15) is 0 Å². The first-order valence-corrected chi connectivity index (χ1v) is 14.2. The van der Waals surface area contributed by atoms with Crippen molar-refractivity contribution in [1.29, 1.82) is 0 Å². The van der Waals surface area contributed by atoms with E-state index in [0.29, 0.717) is 0 Å². The average Bonchev–Trinajstić information content (AvgIpc) is 3.35. The van der Waals surface area contributed by atoms with Crippen LogP contribution in [0.4, 0.5) is 0 Å². The van der Waals surface area contributed by atoms with E-state index < -0.39 is 0 Å². The van der Waals surface area contributed by atoms with Gasteiger partial charge in [0.1, 0.15) is 0 Å². The Morgan fingerprint density at radius 2 is 1.15 bits per heavy atom. The molecule has 1 aliphatic rings. The summed E-state index contributed by atoms with van der Waals surface area (Å²) in [7, 11) is 0. The van der Waals surface area contributed by atoms with Crippen molar-refractivity contribution >= 4 is 38.5 Å². The predicted molar refractivity (Wildman–Crippen MR) is 171 cm³/mol. The molecule has 0 aliphatic heterocycles. The highest BCUT2D eigenvalue weighted by Gasteiger charge is 2.20. The summed E-state index contributed by atoms with van der Waals surface area (Å²) >= 11 is 0. The van der Waals surface area contributed by atoms with Gasteiger partial charge in [0.15, 0.2) is 0 Å². The maximum absolute atomic E-state index is 2.49. The molecule has 40 heavy (non-hydrogen) atoms. The third kappa shape index (κ3) is 3.48. The Labute approximate surface area is 234 Å². The van der Waals surface area contributed by atoms with Crippen LogP contribution in [0.15, 0.2) is 127 Å². The van der Waals surface area contributed by atoms with Crippen molar-refractivity contribution in [2.24, 2.45) is 0 Å². The second-order valence-corrected chi connectivity index (χ2v) is 10.9. The number of para-hydroxylation sites is 1. The fourth-order valence-corrected chi connectivity index (χ4v) is 6.74. The molecule has 1 heterocycles. The minimum atomic E-state index is 1.06. The lowest BCUT2D eigenvalue weighted by Gasteiger charge is -2.19. The SMILES string of the molecule is Cc1ccc(-c2c3ccccc3c(-c3cccc(-n4c5c(c6ccccc64)C=CCC5)c3)c3ccccc23)cc1. The molecule has 0 saturated heterocycles. The van der Waals surface area contributed by atoms with Crippen molar-refractivity contribution in [3.05, 3.63) is 144 Å². The maximum atomic E-state index is 2.49. The topological polar surface area (TPSA) is 4.93 Å². The molecule has 0 amide bonds. The zero-order valence-electron chi connectivity index (χ0n) is 22.6. The minimum Gasteiger partial charge on any atom is -0.313 e. The van der Waals surface area contributed by atoms with Crippen molar-refractivity contribution < 1.29 is 0 Å². The summed E-state index contributed by atoms with van der Waals surface area (Å²) in [5, 5.41) is 6.49. The van der Waals surface area contributed by atoms with Gasteiger partial charge in [0.05, 0.1) is 5.52 Å². The van der Waals surface area contributed by atoms with Gasteiger partial charge < -0.3 is 4.57 Å². The van der Waals surface area contributed by atoms with E-state index in [1.807, 2.05) is 0 Å². The lowest BCUT2D eigenvalue weighted by Crippen LogP contribution is -2.03. The first-order chi connectivity index (χ1) is 19.8. The van der Waals surface area contributed by atoms with Crippen LogP contribution < -0.4 is 0 Å². The quantitative estimate of drug-likeness (QED) is 0.208. The Kier molecular flexibility index (Phi) is 5.24. The van der Waals surface area contributed by atoms with Crippen LogP contribution in [0.5, 0.6) is 0 Å². The van der Waals surface area contributed by atoms with Gasteiger partial charge in [-0.15, -0.1) is 0 Å². The molecule has 8 rings (SSSR count). The zero-order valence-corrected chi connectivity index (χ0v) is 22.6. The van der Waals surface area contributed by atoms with E-state index in [-0.39, 0.29) is 0 Å². The van der Waals surface area contributed by atoms with E-state index >= 15 is 0 Å². The van der Waals surface area contributed by atoms with Gasteiger partial charge >= 0.3 is 0 Å². The number of nitrogens with zero attached hydrogens (tertiary/aromatic N) is 1. The van der Waals surface area contributed by atoms with Gasteiger partial charge in [0.25, 0.3) is 0 Å². The Balaban J connectivity index is 1.42. The van der Waals surface area contributed by atoms with Gasteiger partial charge in [-0.2, -0.15) is 0 Å². The first kappa shape index (κ1) is 23.0. The second-order valence-electron chi connectivity index (χ2n) is 10.9. The van der Waals surface area contributed by atoms with Crippen LogP contribution in [0.25, 0.3) is 66.5 Å². The first-order valence-electron chi connectivity index (χ1n) is 14.2. The van der Waals surface area contributed by atoms with E-state index in [1.54, 1.807) is 0 Å². The van der Waals surface area contributed by atoms with E-state index in [0.717, 1.165) is 12.8 Å². The van der Waals surface area contributed by atoms with E-state index in [2.05, 4.69) is 145 Å². The van der Waals surface area contributed by atoms with Crippen LogP contribution in [0.3, 0.4) is 0 Å². The van der Waals surface area contributed by atoms with Crippen LogP contribution >= 0.6 is 0 Å². The van der Waals surface area contributed by atoms with E-state index in [1.165, 1.54) is 77.2 Å². The van der Waals surface area contributed by atoms with Gasteiger partial charge in [0.2, 0.25) is 0 Å². The molecule has 0 N–H and O–H groups in total. The molecule has 7 aromatic rings. The number of allylic oxidation sites excluding steroid dienone is 1. The molecule has 1 heteroatoms. The number of hydrogen-bond acceptors (Lipinski definition) is 0. The maximum Gasteiger partial charge on any atom is 0.0537 e. The van der Waals surface area contributed by atoms with Crippen LogP contribution in [0.2, 0.25) is 0 Å². The highest BCUT2D eigenvalue weighted by molar-refractivity contribution is 6.21. The van der Waals surface area contributed by atoms with Gasteiger partial charge in [-0.3, -0.25) is 0 Å². The molecule has 0 bridgehead atoms. The summed E-state index contributed by atoms with van der Waals surface area (Å²) in [6.45, 7) is 2.15. The molecule has 1 aromatic heterocycles. The van der Waals surface area contributed by atoms with Crippen LogP contribution in [0, 0.1) is 6.92 Å². The fourth-order valence-electron chi connectivity index (χ4n) is 6.74. The largest absolute Gasteiger partial charge is 0.313 e. The summed E-state index contributed by atoms with van der Waals surface area (Å²) in [4.78, 5) is 0. The zero-order chi connectivity index (χ0) is 26.6. The number of aryl methyl sites for hydroxylation is 1. The molecule has 1 aliphatic carbocycles. The molecule has 6 aromatic carbocycles. The highest BCUT2D eigenvalue weighted by Crippen LogP contribution is 2.44. The molecule has 0 fully saturated rings. The summed E-state index contributed by atoms with van der Waals surface area (Å²) < 4.78 is 2.49. The average molecular weight is 512 g/mol. The van der Waals surface area contributed by atoms with Crippen LogP contribution in [-0.2, 0) is 6.42 Å². The smallest absolute Gasteiger partial charge is 0.0537 e. The van der Waals surface area contributed by atoms with Crippen LogP contribution in [-0.4, -0.2) is 4.57 Å². The Hall–Kier alpha value is -4.88. The monoisotopic (exact) mass is 511 g/mol. The van der Waals surface area contributed by atoms with Gasteiger partial charge in [0, 0.05) is 22.3 Å². The predicted octanol–water partition coefficient (Wildman–Crippen LogP) is 10.5. The Morgan fingerprint density at radius 1 is 0.550 bits per heavy atom. The van der Waals surface area contributed by atoms with Gasteiger partial charge in [-0.05, 0) is 81.8 Å². The lowest BCUT2D eigenvalue weighted by atomic mass is 9.86. The number of fused-ring (bicyclic) bond motifs is 5. The fraction of sp³-hybridized carbons (Fsp3) is 0.0769. The summed E-state index contributed by atoms with van der Waals surface area (Å²) in [6, 6.07) is 44.8.